The third kappa shape index (κ3) is 3.52. The molecule has 1 aliphatic rings. The highest BCUT2D eigenvalue weighted by Gasteiger charge is 2.36. The number of aromatic nitrogens is 1. The number of pyridine rings is 1. The van der Waals surface area contributed by atoms with E-state index in [1.807, 2.05) is 14.1 Å². The molecule has 8 heteroatoms. The fraction of sp³-hybridized carbons (Fsp3) is 0.615. The van der Waals surface area contributed by atoms with Crippen molar-refractivity contribution in [1.29, 1.82) is 0 Å². The lowest BCUT2D eigenvalue weighted by atomic mass is 9.97. The number of nitrogens with two attached hydrogens (primary N) is 1. The lowest BCUT2D eigenvalue weighted by Crippen LogP contribution is -2.50. The van der Waals surface area contributed by atoms with Crippen LogP contribution in [0.2, 0.25) is 0 Å². The van der Waals surface area contributed by atoms with Gasteiger partial charge in [0.2, 0.25) is 10.0 Å². The standard InChI is InChI=1S/C13H23N5O2S/c1-18(2)13(6-3-4-7-13)10-16-21(19,20)11-5-8-15-12(9-11)17-14/h5,8-9,16H,3-4,6-7,10,14H2,1-2H3,(H,15,17). The van der Waals surface area contributed by atoms with Crippen LogP contribution in [-0.4, -0.2) is 44.5 Å². The second-order valence-electron chi connectivity index (χ2n) is 5.67. The molecule has 0 spiro atoms. The third-order valence-corrected chi connectivity index (χ3v) is 5.66. The van der Waals surface area contributed by atoms with Crippen molar-refractivity contribution in [3.8, 4) is 0 Å². The highest BCUT2D eigenvalue weighted by molar-refractivity contribution is 7.89. The minimum atomic E-state index is -3.56. The Hall–Kier alpha value is -1.22. The van der Waals surface area contributed by atoms with Crippen molar-refractivity contribution in [1.82, 2.24) is 14.6 Å². The van der Waals surface area contributed by atoms with Gasteiger partial charge in [-0.2, -0.15) is 0 Å². The quantitative estimate of drug-likeness (QED) is 0.523. The summed E-state index contributed by atoms with van der Waals surface area (Å²) in [6, 6.07) is 2.87. The number of nitrogens with one attached hydrogen (secondary N) is 2. The molecule has 0 saturated heterocycles. The summed E-state index contributed by atoms with van der Waals surface area (Å²) < 4.78 is 27.5. The van der Waals surface area contributed by atoms with Gasteiger partial charge in [-0.3, -0.25) is 0 Å². The second kappa shape index (κ2) is 6.27. The Labute approximate surface area is 125 Å². The average molecular weight is 313 g/mol. The number of hydrogen-bond acceptors (Lipinski definition) is 6. The lowest BCUT2D eigenvalue weighted by molar-refractivity contribution is 0.162. The second-order valence-corrected chi connectivity index (χ2v) is 7.44. The Balaban J connectivity index is 2.13. The van der Waals surface area contributed by atoms with Crippen LogP contribution in [0.15, 0.2) is 23.2 Å². The summed E-state index contributed by atoms with van der Waals surface area (Å²) in [6.07, 6.45) is 5.71. The van der Waals surface area contributed by atoms with Crippen molar-refractivity contribution in [3.63, 3.8) is 0 Å². The maximum Gasteiger partial charge on any atom is 0.240 e. The Morgan fingerprint density at radius 1 is 1.38 bits per heavy atom. The normalized spacial score (nSPS) is 18.1. The van der Waals surface area contributed by atoms with Gasteiger partial charge in [0.25, 0.3) is 0 Å². The number of sulfonamides is 1. The summed E-state index contributed by atoms with van der Waals surface area (Å²) in [6.45, 7) is 0.413. The highest BCUT2D eigenvalue weighted by Crippen LogP contribution is 2.33. The fourth-order valence-electron chi connectivity index (χ4n) is 2.79. The van der Waals surface area contributed by atoms with Gasteiger partial charge in [0.05, 0.1) is 4.90 Å². The zero-order chi connectivity index (χ0) is 15.5. The van der Waals surface area contributed by atoms with Gasteiger partial charge in [0.15, 0.2) is 0 Å². The lowest BCUT2D eigenvalue weighted by Gasteiger charge is -2.36. The molecule has 1 fully saturated rings. The van der Waals surface area contributed by atoms with Gasteiger partial charge in [-0.05, 0) is 33.0 Å². The van der Waals surface area contributed by atoms with Crippen LogP contribution in [0.3, 0.4) is 0 Å². The molecular weight excluding hydrogens is 290 g/mol. The van der Waals surface area contributed by atoms with Crippen molar-refractivity contribution in [2.75, 3.05) is 26.1 Å². The predicted octanol–water partition coefficient (Wildman–Crippen LogP) is 0.520. The first-order valence-electron chi connectivity index (χ1n) is 6.99. The fourth-order valence-corrected chi connectivity index (χ4v) is 3.92. The first-order valence-corrected chi connectivity index (χ1v) is 8.48. The van der Waals surface area contributed by atoms with Crippen LogP contribution in [0.4, 0.5) is 5.82 Å². The smallest absolute Gasteiger partial charge is 0.240 e. The van der Waals surface area contributed by atoms with E-state index in [1.165, 1.54) is 18.3 Å². The van der Waals surface area contributed by atoms with E-state index >= 15 is 0 Å². The molecule has 0 aliphatic heterocycles. The number of hydrogen-bond donors (Lipinski definition) is 3. The number of likely N-dealkylation sites (N-methyl/N-ethyl adjacent to an activating group) is 1. The SMILES string of the molecule is CN(C)C1(CNS(=O)(=O)c2ccnc(NN)c2)CCCC1. The molecule has 0 aromatic carbocycles. The highest BCUT2D eigenvalue weighted by atomic mass is 32.2. The first kappa shape index (κ1) is 16.2. The van der Waals surface area contributed by atoms with Crippen molar-refractivity contribution in [3.05, 3.63) is 18.3 Å². The number of nitrogen functional groups attached to an aromatic ring is 1. The molecule has 0 bridgehead atoms. The van der Waals surface area contributed by atoms with Crippen LogP contribution in [0, 0.1) is 0 Å². The van der Waals surface area contributed by atoms with Gasteiger partial charge in [0.1, 0.15) is 5.82 Å². The molecular formula is C13H23N5O2S. The molecule has 21 heavy (non-hydrogen) atoms. The van der Waals surface area contributed by atoms with E-state index in [1.54, 1.807) is 0 Å². The Kier molecular flexibility index (Phi) is 4.82. The third-order valence-electron chi connectivity index (χ3n) is 4.26. The van der Waals surface area contributed by atoms with Crippen LogP contribution in [-0.2, 0) is 10.0 Å². The van der Waals surface area contributed by atoms with Crippen LogP contribution >= 0.6 is 0 Å². The molecule has 4 N–H and O–H groups in total. The average Bonchev–Trinajstić information content (AvgIpc) is 2.96. The molecule has 7 nitrogen and oxygen atoms in total. The summed E-state index contributed by atoms with van der Waals surface area (Å²) >= 11 is 0. The molecule has 2 rings (SSSR count). The van der Waals surface area contributed by atoms with E-state index in [2.05, 4.69) is 20.0 Å². The van der Waals surface area contributed by atoms with Crippen LogP contribution in [0.25, 0.3) is 0 Å². The van der Waals surface area contributed by atoms with E-state index in [0.29, 0.717) is 12.4 Å². The minimum Gasteiger partial charge on any atom is -0.308 e. The van der Waals surface area contributed by atoms with Crippen LogP contribution in [0.5, 0.6) is 0 Å². The van der Waals surface area contributed by atoms with Crippen molar-refractivity contribution in [2.45, 2.75) is 36.1 Å². The van der Waals surface area contributed by atoms with Gasteiger partial charge in [-0.25, -0.2) is 24.0 Å². The predicted molar refractivity (Wildman–Crippen MR) is 82.1 cm³/mol. The number of nitrogens with zero attached hydrogens (tertiary/aromatic N) is 2. The van der Waals surface area contributed by atoms with Crippen LogP contribution < -0.4 is 16.0 Å². The molecule has 1 aromatic rings. The molecule has 0 radical (unpaired) electrons. The summed E-state index contributed by atoms with van der Waals surface area (Å²) in [5.74, 6) is 5.58. The summed E-state index contributed by atoms with van der Waals surface area (Å²) in [5.41, 5.74) is 2.26. The van der Waals surface area contributed by atoms with Crippen molar-refractivity contribution >= 4 is 15.8 Å². The molecule has 1 aliphatic carbocycles. The zero-order valence-electron chi connectivity index (χ0n) is 12.5. The largest absolute Gasteiger partial charge is 0.308 e. The summed E-state index contributed by atoms with van der Waals surface area (Å²) in [7, 11) is 0.441. The molecule has 118 valence electrons. The van der Waals surface area contributed by atoms with Crippen molar-refractivity contribution < 1.29 is 8.42 Å². The van der Waals surface area contributed by atoms with Gasteiger partial charge >= 0.3 is 0 Å². The number of anilines is 1. The van der Waals surface area contributed by atoms with Crippen LogP contribution in [0.1, 0.15) is 25.7 Å². The first-order chi connectivity index (χ1) is 9.89. The van der Waals surface area contributed by atoms with E-state index in [0.717, 1.165) is 25.7 Å². The number of rotatable bonds is 6. The molecule has 0 amide bonds. The maximum absolute atomic E-state index is 12.4. The number of hydrazine groups is 1. The van der Waals surface area contributed by atoms with Gasteiger partial charge in [0, 0.05) is 24.3 Å². The molecule has 0 atom stereocenters. The van der Waals surface area contributed by atoms with Crippen molar-refractivity contribution in [2.24, 2.45) is 5.84 Å². The molecule has 1 heterocycles. The Morgan fingerprint density at radius 3 is 2.62 bits per heavy atom. The van der Waals surface area contributed by atoms with Gasteiger partial charge in [-0.15, -0.1) is 0 Å². The van der Waals surface area contributed by atoms with E-state index in [9.17, 15) is 8.42 Å². The maximum atomic E-state index is 12.4. The van der Waals surface area contributed by atoms with Gasteiger partial charge in [-0.1, -0.05) is 12.8 Å². The molecule has 0 unspecified atom stereocenters. The van der Waals surface area contributed by atoms with Gasteiger partial charge < -0.3 is 10.3 Å². The minimum absolute atomic E-state index is 0.0882. The topological polar surface area (TPSA) is 100 Å². The molecule has 1 saturated carbocycles. The van der Waals surface area contributed by atoms with E-state index in [-0.39, 0.29) is 10.4 Å². The molecule has 1 aromatic heterocycles. The summed E-state index contributed by atoms with van der Waals surface area (Å²) in [4.78, 5) is 6.21. The van der Waals surface area contributed by atoms with E-state index in [4.69, 9.17) is 5.84 Å². The Morgan fingerprint density at radius 2 is 2.05 bits per heavy atom. The summed E-state index contributed by atoms with van der Waals surface area (Å²) in [5, 5.41) is 0. The Bertz CT molecular complexity index is 582. The zero-order valence-corrected chi connectivity index (χ0v) is 13.3. The monoisotopic (exact) mass is 313 g/mol. The van der Waals surface area contributed by atoms with E-state index < -0.39 is 10.0 Å².